The quantitative estimate of drug-likeness (QED) is 0.225. The SMILES string of the molecule is CCCCOc1ccc(C=NNC(=O)C(C)C(=O)Nc2ccc(OC)cc2)cc1OCC. The molecule has 0 aliphatic carbocycles. The number of benzene rings is 2. The molecule has 0 spiro atoms. The van der Waals surface area contributed by atoms with Gasteiger partial charge in [0.05, 0.1) is 26.5 Å². The topological polar surface area (TPSA) is 98.2 Å². The van der Waals surface area contributed by atoms with Crippen LogP contribution in [-0.2, 0) is 9.59 Å². The summed E-state index contributed by atoms with van der Waals surface area (Å²) in [4.78, 5) is 24.6. The van der Waals surface area contributed by atoms with E-state index < -0.39 is 17.7 Å². The third-order valence-electron chi connectivity index (χ3n) is 4.56. The molecule has 32 heavy (non-hydrogen) atoms. The Bertz CT molecular complexity index is 912. The Morgan fingerprint density at radius 1 is 1.03 bits per heavy atom. The molecule has 0 fully saturated rings. The first-order chi connectivity index (χ1) is 15.5. The van der Waals surface area contributed by atoms with Crippen molar-refractivity contribution in [2.75, 3.05) is 25.6 Å². The average molecular weight is 442 g/mol. The molecule has 2 aromatic rings. The molecule has 0 radical (unpaired) electrons. The van der Waals surface area contributed by atoms with Crippen LogP contribution in [-0.4, -0.2) is 38.4 Å². The minimum Gasteiger partial charge on any atom is -0.497 e. The summed E-state index contributed by atoms with van der Waals surface area (Å²) >= 11 is 0. The molecule has 0 aliphatic rings. The van der Waals surface area contributed by atoms with E-state index in [1.807, 2.05) is 19.1 Å². The van der Waals surface area contributed by atoms with Gasteiger partial charge in [-0.3, -0.25) is 9.59 Å². The maximum absolute atomic E-state index is 12.3. The van der Waals surface area contributed by atoms with E-state index >= 15 is 0 Å². The number of methoxy groups -OCH3 is 1. The molecule has 0 heterocycles. The number of rotatable bonds is 12. The summed E-state index contributed by atoms with van der Waals surface area (Å²) in [5.74, 6) is 0.0853. The van der Waals surface area contributed by atoms with Gasteiger partial charge in [-0.05, 0) is 68.3 Å². The zero-order chi connectivity index (χ0) is 23.3. The fourth-order valence-electron chi connectivity index (χ4n) is 2.63. The summed E-state index contributed by atoms with van der Waals surface area (Å²) in [5, 5.41) is 6.66. The monoisotopic (exact) mass is 441 g/mol. The van der Waals surface area contributed by atoms with E-state index in [2.05, 4.69) is 22.8 Å². The van der Waals surface area contributed by atoms with Crippen LogP contribution in [0.25, 0.3) is 0 Å². The number of carbonyl (C=O) groups is 2. The van der Waals surface area contributed by atoms with Crippen LogP contribution in [0.3, 0.4) is 0 Å². The van der Waals surface area contributed by atoms with E-state index in [1.54, 1.807) is 37.4 Å². The van der Waals surface area contributed by atoms with Crippen LogP contribution in [0.15, 0.2) is 47.6 Å². The molecule has 2 rings (SSSR count). The smallest absolute Gasteiger partial charge is 0.252 e. The normalized spacial score (nSPS) is 11.6. The largest absolute Gasteiger partial charge is 0.497 e. The molecule has 0 bridgehead atoms. The van der Waals surface area contributed by atoms with Crippen LogP contribution in [0.4, 0.5) is 5.69 Å². The van der Waals surface area contributed by atoms with Gasteiger partial charge in [0, 0.05) is 5.69 Å². The molecular formula is C24H31N3O5. The Labute approximate surface area is 188 Å². The number of hydrogen-bond donors (Lipinski definition) is 2. The lowest BCUT2D eigenvalue weighted by Crippen LogP contribution is -2.34. The molecule has 0 aliphatic heterocycles. The molecule has 0 aromatic heterocycles. The van der Waals surface area contributed by atoms with E-state index in [0.717, 1.165) is 18.4 Å². The molecule has 8 nitrogen and oxygen atoms in total. The highest BCUT2D eigenvalue weighted by atomic mass is 16.5. The van der Waals surface area contributed by atoms with Gasteiger partial charge in [0.15, 0.2) is 11.5 Å². The van der Waals surface area contributed by atoms with E-state index in [0.29, 0.717) is 36.1 Å². The minimum atomic E-state index is -0.928. The van der Waals surface area contributed by atoms with E-state index in [9.17, 15) is 9.59 Å². The number of hydrogen-bond acceptors (Lipinski definition) is 6. The van der Waals surface area contributed by atoms with Crippen LogP contribution >= 0.6 is 0 Å². The van der Waals surface area contributed by atoms with Crippen molar-refractivity contribution in [1.82, 2.24) is 5.43 Å². The van der Waals surface area contributed by atoms with Gasteiger partial charge in [0.25, 0.3) is 5.91 Å². The second-order valence-corrected chi connectivity index (χ2v) is 7.01. The number of anilines is 1. The molecule has 0 saturated carbocycles. The summed E-state index contributed by atoms with van der Waals surface area (Å²) in [6, 6.07) is 12.3. The number of nitrogens with one attached hydrogen (secondary N) is 2. The van der Waals surface area contributed by atoms with Crippen molar-refractivity contribution in [1.29, 1.82) is 0 Å². The molecule has 2 N–H and O–H groups in total. The predicted octanol–water partition coefficient (Wildman–Crippen LogP) is 4.00. The van der Waals surface area contributed by atoms with Crippen LogP contribution in [0.1, 0.15) is 39.2 Å². The Hall–Kier alpha value is -3.55. The van der Waals surface area contributed by atoms with Gasteiger partial charge in [-0.1, -0.05) is 13.3 Å². The number of amides is 2. The van der Waals surface area contributed by atoms with Crippen molar-refractivity contribution in [2.45, 2.75) is 33.6 Å². The number of hydrazone groups is 1. The maximum atomic E-state index is 12.3. The Balaban J connectivity index is 1.93. The lowest BCUT2D eigenvalue weighted by molar-refractivity contribution is -0.131. The third-order valence-corrected chi connectivity index (χ3v) is 4.56. The molecule has 172 valence electrons. The van der Waals surface area contributed by atoms with Gasteiger partial charge in [0.2, 0.25) is 5.91 Å². The fraction of sp³-hybridized carbons (Fsp3) is 0.375. The highest BCUT2D eigenvalue weighted by molar-refractivity contribution is 6.06. The first kappa shape index (κ1) is 24.7. The predicted molar refractivity (Wildman–Crippen MR) is 125 cm³/mol. The summed E-state index contributed by atoms with van der Waals surface area (Å²) in [7, 11) is 1.56. The standard InChI is InChI=1S/C24H31N3O5/c1-5-7-14-32-21-13-8-18(15-22(21)31-6-2)16-25-27-24(29)17(3)23(28)26-19-9-11-20(30-4)12-10-19/h8-13,15-17H,5-7,14H2,1-4H3,(H,26,28)(H,27,29). The molecule has 2 aromatic carbocycles. The first-order valence-corrected chi connectivity index (χ1v) is 10.7. The number of unbranched alkanes of at least 4 members (excludes halogenated alkanes) is 1. The van der Waals surface area contributed by atoms with Crippen molar-refractivity contribution >= 4 is 23.7 Å². The third kappa shape index (κ3) is 7.61. The highest BCUT2D eigenvalue weighted by Gasteiger charge is 2.21. The molecule has 2 amide bonds. The van der Waals surface area contributed by atoms with E-state index in [4.69, 9.17) is 14.2 Å². The minimum absolute atomic E-state index is 0.435. The zero-order valence-corrected chi connectivity index (χ0v) is 19.0. The van der Waals surface area contributed by atoms with Gasteiger partial charge in [-0.2, -0.15) is 5.10 Å². The lowest BCUT2D eigenvalue weighted by Gasteiger charge is -2.12. The van der Waals surface area contributed by atoms with Gasteiger partial charge in [-0.25, -0.2) is 5.43 Å². The lowest BCUT2D eigenvalue weighted by atomic mass is 10.1. The number of ether oxygens (including phenoxy) is 3. The molecule has 8 heteroatoms. The highest BCUT2D eigenvalue weighted by Crippen LogP contribution is 2.28. The van der Waals surface area contributed by atoms with Crippen LogP contribution < -0.4 is 25.0 Å². The van der Waals surface area contributed by atoms with Gasteiger partial charge in [-0.15, -0.1) is 0 Å². The maximum Gasteiger partial charge on any atom is 0.252 e. The molecule has 0 saturated heterocycles. The van der Waals surface area contributed by atoms with Gasteiger partial charge >= 0.3 is 0 Å². The molecule has 1 atom stereocenters. The van der Waals surface area contributed by atoms with Crippen molar-refractivity contribution in [3.8, 4) is 17.2 Å². The summed E-state index contributed by atoms with van der Waals surface area (Å²) < 4.78 is 16.5. The van der Waals surface area contributed by atoms with E-state index in [1.165, 1.54) is 13.1 Å². The van der Waals surface area contributed by atoms with Crippen molar-refractivity contribution in [3.63, 3.8) is 0 Å². The summed E-state index contributed by atoms with van der Waals surface area (Å²) in [6.07, 6.45) is 3.50. The average Bonchev–Trinajstić information content (AvgIpc) is 2.80. The Morgan fingerprint density at radius 2 is 1.78 bits per heavy atom. The van der Waals surface area contributed by atoms with Gasteiger partial charge < -0.3 is 19.5 Å². The summed E-state index contributed by atoms with van der Waals surface area (Å²) in [5.41, 5.74) is 3.70. The van der Waals surface area contributed by atoms with Crippen molar-refractivity contribution < 1.29 is 23.8 Å². The Morgan fingerprint density at radius 3 is 2.44 bits per heavy atom. The van der Waals surface area contributed by atoms with Crippen molar-refractivity contribution in [2.24, 2.45) is 11.0 Å². The Kier molecular flexibility index (Phi) is 10.0. The second-order valence-electron chi connectivity index (χ2n) is 7.01. The zero-order valence-electron chi connectivity index (χ0n) is 19.0. The first-order valence-electron chi connectivity index (χ1n) is 10.7. The van der Waals surface area contributed by atoms with Crippen molar-refractivity contribution in [3.05, 3.63) is 48.0 Å². The molecule has 1 unspecified atom stereocenters. The van der Waals surface area contributed by atoms with Crippen LogP contribution in [0.2, 0.25) is 0 Å². The number of carbonyl (C=O) groups excluding carboxylic acids is 2. The van der Waals surface area contributed by atoms with Crippen LogP contribution in [0, 0.1) is 5.92 Å². The fourth-order valence-corrected chi connectivity index (χ4v) is 2.63. The van der Waals surface area contributed by atoms with E-state index in [-0.39, 0.29) is 0 Å². The molecular weight excluding hydrogens is 410 g/mol. The number of nitrogens with zero attached hydrogens (tertiary/aromatic N) is 1. The summed E-state index contributed by atoms with van der Waals surface area (Å²) in [6.45, 7) is 6.64. The van der Waals surface area contributed by atoms with Crippen LogP contribution in [0.5, 0.6) is 17.2 Å². The van der Waals surface area contributed by atoms with Gasteiger partial charge in [0.1, 0.15) is 11.7 Å². The second kappa shape index (κ2) is 13.0.